The maximum Gasteiger partial charge on any atom is 1.00 e. The first-order valence-electron chi connectivity index (χ1n) is 34.6. The van der Waals surface area contributed by atoms with Crippen molar-refractivity contribution in [2.45, 2.75) is 151 Å². The number of amides is 3. The zero-order valence-corrected chi connectivity index (χ0v) is 86.7. The van der Waals surface area contributed by atoms with E-state index in [4.69, 9.17) is 89.1 Å². The Balaban J connectivity index is 0.00000136. The quantitative estimate of drug-likeness (QED) is 0.0153. The monoisotopic (exact) mass is 2010 g/mol. The molecular formula is C75H94B3Br3KN14NaO11PS7Si2. The van der Waals surface area contributed by atoms with Crippen LogP contribution in [0.5, 0.6) is 0 Å². The first-order valence-corrected chi connectivity index (χ1v) is 51.5. The van der Waals surface area contributed by atoms with Crippen molar-refractivity contribution in [3.8, 4) is 39.1 Å². The summed E-state index contributed by atoms with van der Waals surface area (Å²) in [6.07, 6.45) is 12.6. The smallest absolute Gasteiger partial charge is 1.00 e. The maximum absolute atomic E-state index is 11.5. The Hall–Kier alpha value is -4.30. The van der Waals surface area contributed by atoms with E-state index in [1.165, 1.54) is 87.4 Å². The fourth-order valence-corrected chi connectivity index (χ4v) is 27.6. The fourth-order valence-electron chi connectivity index (χ4n) is 9.95. The number of nitriles is 3. The van der Waals surface area contributed by atoms with Gasteiger partial charge in [0.2, 0.25) is 0 Å². The van der Waals surface area contributed by atoms with Gasteiger partial charge in [0.15, 0.2) is 6.29 Å². The number of aromatic nitrogens is 3. The molecule has 0 atom stereocenters. The zero-order chi connectivity index (χ0) is 85.5. The van der Waals surface area contributed by atoms with E-state index in [9.17, 15) is 23.7 Å². The van der Waals surface area contributed by atoms with E-state index in [1.54, 1.807) is 54.7 Å². The molecular weight excluding hydrogens is 1920 g/mol. The van der Waals surface area contributed by atoms with Gasteiger partial charge in [0.1, 0.15) is 17.5 Å². The minimum absolute atomic E-state index is 0. The van der Waals surface area contributed by atoms with E-state index in [-0.39, 0.29) is 127 Å². The van der Waals surface area contributed by atoms with Crippen molar-refractivity contribution in [1.29, 1.82) is 15.8 Å². The van der Waals surface area contributed by atoms with Crippen molar-refractivity contribution in [3.05, 3.63) is 160 Å². The third kappa shape index (κ3) is 34.0. The minimum Gasteiger partial charge on any atom is -1.00 e. The number of nitrogens with two attached hydrogens (primary N) is 6. The van der Waals surface area contributed by atoms with Crippen molar-refractivity contribution < 1.29 is 134 Å². The third-order valence-electron chi connectivity index (χ3n) is 16.1. The third-order valence-corrected chi connectivity index (χ3v) is 32.6. The van der Waals surface area contributed by atoms with Crippen LogP contribution in [0.1, 0.15) is 140 Å². The van der Waals surface area contributed by atoms with E-state index in [0.717, 1.165) is 96.1 Å². The second kappa shape index (κ2) is 50.6. The van der Waals surface area contributed by atoms with Crippen LogP contribution in [0, 0.1) is 40.6 Å². The predicted molar refractivity (Wildman–Crippen MR) is 503 cm³/mol. The standard InChI is InChI=1S/C15H12N4OS2.C15H10N4OS2.C12H24B2O4.C8H6BrN3OS.C7H4BrNS.C6H12NO3P.C6H18NSi2.C5H3BrOS.CH4.B.K.Na.H/c2*16-3-1-2-9-4-8(7-21-9)12-5-10-13(22-12)11(15(18)20)6-19-14(10)17;1-9(2)10(3,4)16-13(15-9)14-17-11(5,6)12(7,8)18-14;9-5-1-3-6(14-5)4(8(11)13)2-12-7(3)10;8-6-4-7(10-5-6)2-1-3-9;1-4-9-11(8,6-7-3)10-5-2;1-8(2,3)7-9(4,5)6;6-4-1-5(2-7)8-3-4;;;;;/h4-7H,1-2H2,(H2,17,19)(H2,18,20);1-2,4-7H,(H2,17,19)(H2,18,20);1-8H3;1-2H,(H2,10,12)(H2,11,13);1-2,4-5H;4-6H2,1-2H3;1-6H3;1-3H;1H4;;;;/q;;;;;;-1;;;;2*+1;-1/b;2-1+;;;2-1+;;;;;;;;. The van der Waals surface area contributed by atoms with Crippen LogP contribution in [0.2, 0.25) is 39.3 Å². The number of anilines is 3. The summed E-state index contributed by atoms with van der Waals surface area (Å²) in [6.45, 7) is 40.6. The molecule has 118 heavy (non-hydrogen) atoms. The SMILES string of the molecule is C.CC1(C)OB(B2OC(C)(C)C(C)(C)O2)OC1(C)C.C[Si](C)(C)[N-][Si](C)(C)C.N#C/C=C/c1cc(-c2cc3c(N)ncc(C(N)=O)c3s2)cs1.N#C/C=C/c1cc(Br)cs1.N#CCCc1cc(-c2cc3c(N)ncc(C(N)=O)c3s2)cs1.NC(=O)c1cnc(N)c2cc(Br)sc12.O=Cc1cc(Br)cs1.[B].[C-]#[N+]CP(=O)(OCC)OCC.[H-].[K+].[Na+]. The van der Waals surface area contributed by atoms with Gasteiger partial charge in [0, 0.05) is 117 Å². The summed E-state index contributed by atoms with van der Waals surface area (Å²) >= 11 is 20.4. The van der Waals surface area contributed by atoms with Gasteiger partial charge in [0.25, 0.3) is 17.7 Å². The normalized spacial score (nSPS) is 13.8. The number of carbonyl (C=O) groups is 4. The molecule has 0 bridgehead atoms. The summed E-state index contributed by atoms with van der Waals surface area (Å²) in [4.78, 5) is 65.0. The second-order valence-corrected chi connectivity index (χ2v) is 50.1. The topological polar surface area (TPSA) is 425 Å². The molecule has 0 aromatic carbocycles. The summed E-state index contributed by atoms with van der Waals surface area (Å²) in [5, 5.41) is 35.6. The van der Waals surface area contributed by atoms with Crippen LogP contribution in [0.25, 0.3) is 72.8 Å². The van der Waals surface area contributed by atoms with E-state index < -0.39 is 55.8 Å². The molecule has 2 saturated heterocycles. The van der Waals surface area contributed by atoms with Crippen LogP contribution in [-0.2, 0) is 38.7 Å². The van der Waals surface area contributed by atoms with Crippen LogP contribution in [-0.4, -0.2) is 120 Å². The molecule has 0 unspecified atom stereocenters. The number of primary amides is 3. The summed E-state index contributed by atoms with van der Waals surface area (Å²) in [6, 6.07) is 19.5. The van der Waals surface area contributed by atoms with Gasteiger partial charge in [-0.15, -0.1) is 79.4 Å². The molecule has 2 aliphatic heterocycles. The molecule has 10 aromatic rings. The molecule has 12 rings (SSSR count). The van der Waals surface area contributed by atoms with Crippen LogP contribution in [0.3, 0.4) is 0 Å². The van der Waals surface area contributed by atoms with Gasteiger partial charge in [0.05, 0.1) is 93.3 Å². The Morgan fingerprint density at radius 2 is 0.966 bits per heavy atom. The van der Waals surface area contributed by atoms with Crippen molar-refractivity contribution in [2.24, 2.45) is 17.2 Å². The maximum atomic E-state index is 11.5. The van der Waals surface area contributed by atoms with Crippen molar-refractivity contribution in [1.82, 2.24) is 15.0 Å². The molecule has 3 amide bonds. The Morgan fingerprint density at radius 3 is 1.29 bits per heavy atom. The molecule has 0 spiro atoms. The number of thiophene rings is 7. The predicted octanol–water partition coefficient (Wildman–Crippen LogP) is 15.3. The van der Waals surface area contributed by atoms with E-state index in [2.05, 4.69) is 119 Å². The average molecular weight is 2010 g/mol. The first kappa shape index (κ1) is 112. The van der Waals surface area contributed by atoms with Crippen molar-refractivity contribution >= 4 is 258 Å². The Labute approximate surface area is 815 Å². The molecule has 2 fully saturated rings. The van der Waals surface area contributed by atoms with Gasteiger partial charge in [-0.2, -0.15) is 15.8 Å². The molecule has 617 valence electrons. The number of hydrogen-bond acceptors (Lipinski definition) is 27. The van der Waals surface area contributed by atoms with Gasteiger partial charge < -0.3 is 73.0 Å². The molecule has 2 aliphatic rings. The summed E-state index contributed by atoms with van der Waals surface area (Å²) in [5.74, 6) is -0.339. The number of aryl methyl sites for hydroxylation is 1. The molecule has 43 heteroatoms. The molecule has 25 nitrogen and oxygen atoms in total. The van der Waals surface area contributed by atoms with Gasteiger partial charge >= 0.3 is 109 Å². The van der Waals surface area contributed by atoms with Gasteiger partial charge in [-0.25, -0.2) is 21.5 Å². The number of allylic oxidation sites excluding steroid dienone is 2. The first-order chi connectivity index (χ1) is 53.2. The molecule has 3 radical (unpaired) electrons. The Kier molecular flexibility index (Phi) is 47.9. The van der Waals surface area contributed by atoms with E-state index in [0.29, 0.717) is 53.8 Å². The number of nitrogens with zero attached hydrogens (tertiary/aromatic N) is 8. The van der Waals surface area contributed by atoms with Crippen molar-refractivity contribution in [3.63, 3.8) is 0 Å². The molecule has 10 aromatic heterocycles. The van der Waals surface area contributed by atoms with E-state index in [1.807, 2.05) is 119 Å². The van der Waals surface area contributed by atoms with Crippen molar-refractivity contribution in [2.75, 3.05) is 36.7 Å². The number of pyridine rings is 3. The van der Waals surface area contributed by atoms with E-state index >= 15 is 0 Å². The average Bonchev–Trinajstić information content (AvgIpc) is 1.60. The van der Waals surface area contributed by atoms with Gasteiger partial charge in [-0.3, -0.25) is 23.7 Å². The molecule has 12 N–H and O–H groups in total. The summed E-state index contributed by atoms with van der Waals surface area (Å²) in [7, 11) is -6.24. The zero-order valence-electron chi connectivity index (χ0n) is 69.2. The Morgan fingerprint density at radius 1 is 0.610 bits per heavy atom. The molecule has 0 saturated carbocycles. The number of nitrogen functional groups attached to an aromatic ring is 3. The van der Waals surface area contributed by atoms with Crippen LogP contribution in [0.4, 0.5) is 17.5 Å². The minimum atomic E-state index is -3.07. The number of fused-ring (bicyclic) bond motifs is 3. The van der Waals surface area contributed by atoms with Gasteiger partial charge in [-0.1, -0.05) is 63.2 Å². The number of aldehydes is 1. The molecule has 12 heterocycles. The van der Waals surface area contributed by atoms with Gasteiger partial charge in [-0.05, 0) is 189 Å². The number of rotatable bonds is 18. The number of hydrogen-bond donors (Lipinski definition) is 6. The second-order valence-electron chi connectivity index (χ2n) is 28.3. The summed E-state index contributed by atoms with van der Waals surface area (Å²) in [5.41, 5.74) is 35.2. The summed E-state index contributed by atoms with van der Waals surface area (Å²) < 4.78 is 54.9. The number of carbonyl (C=O) groups excluding carboxylic acids is 4. The molecule has 0 aliphatic carbocycles. The number of halogens is 3. The van der Waals surface area contributed by atoms with Crippen LogP contribution >= 0.6 is 135 Å². The Bertz CT molecular complexity index is 5240. The van der Waals surface area contributed by atoms with Crippen LogP contribution < -0.4 is 115 Å². The van der Waals surface area contributed by atoms with Crippen LogP contribution in [0.15, 0.2) is 107 Å². The largest absolute Gasteiger partial charge is 1.00 e. The fraction of sp³-hybridized carbons (Fsp3) is 0.347.